The van der Waals surface area contributed by atoms with E-state index in [0.717, 1.165) is 12.5 Å². The second kappa shape index (κ2) is 7.99. The van der Waals surface area contributed by atoms with E-state index in [4.69, 9.17) is 0 Å². The lowest BCUT2D eigenvalue weighted by Gasteiger charge is -2.30. The predicted octanol–water partition coefficient (Wildman–Crippen LogP) is -1.13. The molecular formula is C16H33N3O+2. The molecule has 0 bridgehead atoms. The summed E-state index contributed by atoms with van der Waals surface area (Å²) in [5, 5.41) is 3.17. The first kappa shape index (κ1) is 15.8. The van der Waals surface area contributed by atoms with Gasteiger partial charge in [-0.2, -0.15) is 0 Å². The monoisotopic (exact) mass is 283 g/mol. The van der Waals surface area contributed by atoms with Crippen LogP contribution in [0.25, 0.3) is 0 Å². The quantitative estimate of drug-likeness (QED) is 0.587. The summed E-state index contributed by atoms with van der Waals surface area (Å²) in [6, 6.07) is 0.680. The van der Waals surface area contributed by atoms with Crippen molar-refractivity contribution in [2.45, 2.75) is 51.0 Å². The first-order valence-electron chi connectivity index (χ1n) is 8.55. The molecule has 2 aliphatic rings. The van der Waals surface area contributed by atoms with Gasteiger partial charge < -0.3 is 15.1 Å². The van der Waals surface area contributed by atoms with Crippen molar-refractivity contribution < 1.29 is 14.6 Å². The minimum atomic E-state index is 0.249. The molecule has 1 unspecified atom stereocenters. The van der Waals surface area contributed by atoms with Gasteiger partial charge in [0.1, 0.15) is 0 Å². The second-order valence-electron chi connectivity index (χ2n) is 7.06. The van der Waals surface area contributed by atoms with Crippen molar-refractivity contribution >= 4 is 5.91 Å². The van der Waals surface area contributed by atoms with Gasteiger partial charge in [-0.25, -0.2) is 0 Å². The molecule has 1 aliphatic carbocycles. The van der Waals surface area contributed by atoms with Crippen LogP contribution in [-0.4, -0.2) is 52.2 Å². The topological polar surface area (TPSA) is 38.0 Å². The zero-order valence-corrected chi connectivity index (χ0v) is 13.3. The van der Waals surface area contributed by atoms with Crippen LogP contribution in [0.1, 0.15) is 44.9 Å². The molecule has 2 rings (SSSR count). The number of amides is 1. The Bertz CT molecular complexity index is 294. The normalized spacial score (nSPS) is 29.9. The van der Waals surface area contributed by atoms with Gasteiger partial charge in [0.2, 0.25) is 0 Å². The first-order valence-corrected chi connectivity index (χ1v) is 8.55. The Hall–Kier alpha value is -0.610. The van der Waals surface area contributed by atoms with E-state index in [1.165, 1.54) is 62.9 Å². The van der Waals surface area contributed by atoms with Crippen LogP contribution in [0.3, 0.4) is 0 Å². The van der Waals surface area contributed by atoms with Gasteiger partial charge in [-0.15, -0.1) is 0 Å². The molecule has 4 heteroatoms. The Morgan fingerprint density at radius 1 is 1.15 bits per heavy atom. The maximum Gasteiger partial charge on any atom is 0.275 e. The molecule has 0 spiro atoms. The van der Waals surface area contributed by atoms with Gasteiger partial charge in [0.05, 0.1) is 33.2 Å². The standard InChI is InChI=1S/C16H31N3O/c1-18-10-8-15(9-11-18)19(2)13-16(20)17-12-14-6-4-3-5-7-14/h14-15H,3-13H2,1-2H3,(H,17,20)/p+2. The largest absolute Gasteiger partial charge is 0.351 e. The molecule has 1 heterocycles. The van der Waals surface area contributed by atoms with E-state index in [0.29, 0.717) is 12.6 Å². The third-order valence-electron chi connectivity index (χ3n) is 5.29. The lowest BCUT2D eigenvalue weighted by molar-refractivity contribution is -0.935. The van der Waals surface area contributed by atoms with Gasteiger partial charge in [-0.05, 0) is 18.8 Å². The summed E-state index contributed by atoms with van der Waals surface area (Å²) in [6.07, 6.45) is 9.21. The molecule has 2 fully saturated rings. The summed E-state index contributed by atoms with van der Waals surface area (Å²) in [6.45, 7) is 4.07. The average molecular weight is 283 g/mol. The Morgan fingerprint density at radius 2 is 1.80 bits per heavy atom. The highest BCUT2D eigenvalue weighted by molar-refractivity contribution is 5.76. The summed E-state index contributed by atoms with van der Waals surface area (Å²) in [4.78, 5) is 15.1. The number of piperidine rings is 1. The van der Waals surface area contributed by atoms with E-state index >= 15 is 0 Å². The van der Waals surface area contributed by atoms with Gasteiger partial charge in [0.25, 0.3) is 5.91 Å². The Kier molecular flexibility index (Phi) is 6.30. The first-order chi connectivity index (χ1) is 9.65. The van der Waals surface area contributed by atoms with Crippen LogP contribution in [-0.2, 0) is 4.79 Å². The van der Waals surface area contributed by atoms with E-state index in [1.807, 2.05) is 0 Å². The molecule has 1 saturated heterocycles. The highest BCUT2D eigenvalue weighted by atomic mass is 16.2. The third-order valence-corrected chi connectivity index (χ3v) is 5.29. The van der Waals surface area contributed by atoms with Crippen LogP contribution in [0.2, 0.25) is 0 Å². The molecule has 0 aromatic heterocycles. The van der Waals surface area contributed by atoms with E-state index in [9.17, 15) is 4.79 Å². The van der Waals surface area contributed by atoms with Crippen LogP contribution >= 0.6 is 0 Å². The van der Waals surface area contributed by atoms with E-state index in [2.05, 4.69) is 19.4 Å². The molecule has 0 radical (unpaired) electrons. The van der Waals surface area contributed by atoms with Crippen molar-refractivity contribution in [3.8, 4) is 0 Å². The van der Waals surface area contributed by atoms with Gasteiger partial charge >= 0.3 is 0 Å². The van der Waals surface area contributed by atoms with Crippen molar-refractivity contribution in [2.75, 3.05) is 40.3 Å². The molecule has 3 N–H and O–H groups in total. The number of nitrogens with one attached hydrogen (secondary N) is 3. The number of carbonyl (C=O) groups is 1. The minimum Gasteiger partial charge on any atom is -0.351 e. The fourth-order valence-corrected chi connectivity index (χ4v) is 3.71. The zero-order chi connectivity index (χ0) is 14.4. The number of rotatable bonds is 5. The minimum absolute atomic E-state index is 0.249. The average Bonchev–Trinajstić information content (AvgIpc) is 2.47. The smallest absolute Gasteiger partial charge is 0.275 e. The Labute approximate surface area is 123 Å². The lowest BCUT2D eigenvalue weighted by Crippen LogP contribution is -3.18. The fourth-order valence-electron chi connectivity index (χ4n) is 3.71. The molecule has 0 aromatic rings. The number of carbonyl (C=O) groups excluding carboxylic acids is 1. The highest BCUT2D eigenvalue weighted by Gasteiger charge is 2.27. The summed E-state index contributed by atoms with van der Waals surface area (Å²) >= 11 is 0. The van der Waals surface area contributed by atoms with E-state index < -0.39 is 0 Å². The van der Waals surface area contributed by atoms with E-state index in [-0.39, 0.29) is 5.91 Å². The molecule has 1 aliphatic heterocycles. The summed E-state index contributed by atoms with van der Waals surface area (Å²) in [7, 11) is 4.45. The van der Waals surface area contributed by atoms with Gasteiger partial charge in [0, 0.05) is 19.4 Å². The zero-order valence-electron chi connectivity index (χ0n) is 13.3. The van der Waals surface area contributed by atoms with Crippen molar-refractivity contribution in [3.05, 3.63) is 0 Å². The van der Waals surface area contributed by atoms with E-state index in [1.54, 1.807) is 4.90 Å². The van der Waals surface area contributed by atoms with Crippen molar-refractivity contribution in [3.63, 3.8) is 0 Å². The van der Waals surface area contributed by atoms with Crippen molar-refractivity contribution in [1.82, 2.24) is 5.32 Å². The molecule has 1 amide bonds. The molecule has 1 saturated carbocycles. The van der Waals surface area contributed by atoms with Crippen LogP contribution in [0.15, 0.2) is 0 Å². The molecule has 1 atom stereocenters. The molecule has 0 aromatic carbocycles. The SMILES string of the molecule is C[NH+]1CCC([NH+](C)CC(=O)NCC2CCCCC2)CC1. The summed E-state index contributed by atoms with van der Waals surface area (Å²) in [5.74, 6) is 0.985. The van der Waals surface area contributed by atoms with Gasteiger partial charge in [-0.3, -0.25) is 4.79 Å². The van der Waals surface area contributed by atoms with Crippen molar-refractivity contribution in [2.24, 2.45) is 5.92 Å². The van der Waals surface area contributed by atoms with Crippen molar-refractivity contribution in [1.29, 1.82) is 0 Å². The number of likely N-dealkylation sites (tertiary alicyclic amines) is 1. The fraction of sp³-hybridized carbons (Fsp3) is 0.938. The predicted molar refractivity (Wildman–Crippen MR) is 81.0 cm³/mol. The maximum absolute atomic E-state index is 12.1. The summed E-state index contributed by atoms with van der Waals surface area (Å²) in [5.41, 5.74) is 0. The van der Waals surface area contributed by atoms with Crippen LogP contribution in [0.5, 0.6) is 0 Å². The Balaban J connectivity index is 1.63. The Morgan fingerprint density at radius 3 is 2.45 bits per heavy atom. The number of quaternary nitrogens is 2. The number of hydrogen-bond acceptors (Lipinski definition) is 1. The summed E-state index contributed by atoms with van der Waals surface area (Å²) < 4.78 is 0. The lowest BCUT2D eigenvalue weighted by atomic mass is 9.89. The molecule has 20 heavy (non-hydrogen) atoms. The maximum atomic E-state index is 12.1. The molecule has 4 nitrogen and oxygen atoms in total. The second-order valence-corrected chi connectivity index (χ2v) is 7.06. The third kappa shape index (κ3) is 5.06. The van der Waals surface area contributed by atoms with Crippen LogP contribution in [0, 0.1) is 5.92 Å². The van der Waals surface area contributed by atoms with Crippen LogP contribution in [0.4, 0.5) is 0 Å². The molecular weight excluding hydrogens is 250 g/mol. The van der Waals surface area contributed by atoms with Crippen LogP contribution < -0.4 is 15.1 Å². The van der Waals surface area contributed by atoms with Gasteiger partial charge in [0.15, 0.2) is 6.54 Å². The molecule has 116 valence electrons. The number of likely N-dealkylation sites (N-methyl/N-ethyl adjacent to an activating group) is 1. The number of hydrogen-bond donors (Lipinski definition) is 3. The highest BCUT2D eigenvalue weighted by Crippen LogP contribution is 2.22. The van der Waals surface area contributed by atoms with Gasteiger partial charge in [-0.1, -0.05) is 19.3 Å².